The number of nitrogens with zero attached hydrogens (tertiary/aromatic N) is 2. The van der Waals surface area contributed by atoms with E-state index in [1.54, 1.807) is 0 Å². The Labute approximate surface area is 351 Å². The molecule has 0 saturated heterocycles. The molecular formula is C58H44N2. The number of para-hydroxylation sites is 2. The molecule has 2 aliphatic rings. The minimum atomic E-state index is -0.105. The van der Waals surface area contributed by atoms with Crippen molar-refractivity contribution in [3.8, 4) is 39.1 Å². The van der Waals surface area contributed by atoms with E-state index in [0.717, 1.165) is 17.1 Å². The van der Waals surface area contributed by atoms with Crippen LogP contribution in [-0.4, -0.2) is 4.57 Å². The lowest BCUT2D eigenvalue weighted by molar-refractivity contribution is 0.660. The minimum Gasteiger partial charge on any atom is -0.310 e. The molecule has 1 heterocycles. The molecule has 0 fully saturated rings. The molecule has 0 N–H and O–H groups in total. The lowest BCUT2D eigenvalue weighted by Crippen LogP contribution is -2.16. The number of anilines is 3. The van der Waals surface area contributed by atoms with E-state index in [2.05, 4.69) is 231 Å². The molecule has 2 nitrogen and oxygen atoms in total. The average molecular weight is 769 g/mol. The normalized spacial score (nSPS) is 14.3. The van der Waals surface area contributed by atoms with Gasteiger partial charge in [-0.05, 0) is 139 Å². The maximum Gasteiger partial charge on any atom is 0.0547 e. The molecular weight excluding hydrogens is 725 g/mol. The van der Waals surface area contributed by atoms with Gasteiger partial charge in [-0.25, -0.2) is 0 Å². The van der Waals surface area contributed by atoms with E-state index in [4.69, 9.17) is 0 Å². The summed E-state index contributed by atoms with van der Waals surface area (Å²) in [6, 6.07) is 72.2. The Hall–Kier alpha value is -7.16. The molecule has 0 bridgehead atoms. The molecule has 0 atom stereocenters. The summed E-state index contributed by atoms with van der Waals surface area (Å²) in [5.74, 6) is 0. The van der Waals surface area contributed by atoms with Gasteiger partial charge in [-0.15, -0.1) is 0 Å². The van der Waals surface area contributed by atoms with Crippen LogP contribution in [0.1, 0.15) is 49.9 Å². The Bertz CT molecular complexity index is 3370. The summed E-state index contributed by atoms with van der Waals surface area (Å²) < 4.78 is 2.45. The number of aromatic nitrogens is 1. The Morgan fingerprint density at radius 1 is 0.367 bits per heavy atom. The Morgan fingerprint density at radius 2 is 0.967 bits per heavy atom. The van der Waals surface area contributed by atoms with E-state index in [-0.39, 0.29) is 10.8 Å². The van der Waals surface area contributed by atoms with Crippen molar-refractivity contribution in [3.63, 3.8) is 0 Å². The van der Waals surface area contributed by atoms with Crippen LogP contribution in [0.15, 0.2) is 194 Å². The second-order valence-corrected chi connectivity index (χ2v) is 17.8. The zero-order valence-corrected chi connectivity index (χ0v) is 34.4. The number of benzene rings is 9. The van der Waals surface area contributed by atoms with Crippen LogP contribution < -0.4 is 4.90 Å². The molecule has 9 aromatic carbocycles. The fourth-order valence-corrected chi connectivity index (χ4v) is 10.8. The molecule has 0 spiro atoms. The van der Waals surface area contributed by atoms with E-state index in [0.29, 0.717) is 0 Å². The second kappa shape index (κ2) is 12.7. The molecule has 10 aromatic rings. The van der Waals surface area contributed by atoms with Crippen LogP contribution in [0.25, 0.3) is 71.6 Å². The van der Waals surface area contributed by atoms with Crippen LogP contribution in [0, 0.1) is 0 Å². The third kappa shape index (κ3) is 4.94. The molecule has 0 saturated carbocycles. The van der Waals surface area contributed by atoms with E-state index >= 15 is 0 Å². The monoisotopic (exact) mass is 768 g/mol. The molecule has 2 aliphatic carbocycles. The van der Waals surface area contributed by atoms with Gasteiger partial charge in [-0.2, -0.15) is 0 Å². The fraction of sp³-hybridized carbons (Fsp3) is 0.103. The molecule has 12 rings (SSSR count). The molecule has 60 heavy (non-hydrogen) atoms. The molecule has 0 amide bonds. The quantitative estimate of drug-likeness (QED) is 0.169. The van der Waals surface area contributed by atoms with Crippen molar-refractivity contribution < 1.29 is 0 Å². The molecule has 286 valence electrons. The second-order valence-electron chi connectivity index (χ2n) is 17.8. The van der Waals surface area contributed by atoms with Gasteiger partial charge in [0.15, 0.2) is 0 Å². The van der Waals surface area contributed by atoms with Crippen molar-refractivity contribution in [1.29, 1.82) is 0 Å². The highest BCUT2D eigenvalue weighted by Crippen LogP contribution is 2.53. The van der Waals surface area contributed by atoms with Gasteiger partial charge in [0.1, 0.15) is 0 Å². The van der Waals surface area contributed by atoms with E-state index < -0.39 is 0 Å². The maximum atomic E-state index is 2.49. The summed E-state index contributed by atoms with van der Waals surface area (Å²) in [5.41, 5.74) is 20.1. The van der Waals surface area contributed by atoms with E-state index in [1.165, 1.54) is 93.9 Å². The van der Waals surface area contributed by atoms with Crippen LogP contribution in [0.5, 0.6) is 0 Å². The molecule has 0 radical (unpaired) electrons. The Kier molecular flexibility index (Phi) is 7.36. The summed E-state index contributed by atoms with van der Waals surface area (Å²) in [6.45, 7) is 9.49. The van der Waals surface area contributed by atoms with Crippen molar-refractivity contribution in [2.24, 2.45) is 0 Å². The average Bonchev–Trinajstić information content (AvgIpc) is 3.82. The molecule has 0 unspecified atom stereocenters. The zero-order valence-electron chi connectivity index (χ0n) is 34.4. The van der Waals surface area contributed by atoms with Crippen LogP contribution in [-0.2, 0) is 10.8 Å². The first-order chi connectivity index (χ1) is 29.3. The number of hydrogen-bond acceptors (Lipinski definition) is 1. The first-order valence-corrected chi connectivity index (χ1v) is 21.2. The summed E-state index contributed by atoms with van der Waals surface area (Å²) in [6.07, 6.45) is 0. The largest absolute Gasteiger partial charge is 0.310 e. The highest BCUT2D eigenvalue weighted by molar-refractivity contribution is 6.16. The third-order valence-corrected chi connectivity index (χ3v) is 13.7. The summed E-state index contributed by atoms with van der Waals surface area (Å²) in [7, 11) is 0. The smallest absolute Gasteiger partial charge is 0.0547 e. The third-order valence-electron chi connectivity index (χ3n) is 13.7. The Morgan fingerprint density at radius 3 is 1.75 bits per heavy atom. The van der Waals surface area contributed by atoms with Crippen LogP contribution in [0.4, 0.5) is 17.1 Å². The predicted octanol–water partition coefficient (Wildman–Crippen LogP) is 15.7. The number of fused-ring (bicyclic) bond motifs is 11. The van der Waals surface area contributed by atoms with Gasteiger partial charge in [-0.3, -0.25) is 0 Å². The standard InChI is InChI=1S/C58H44N2/c1-57(2)51-24-13-11-22-44(51)46-30-28-43(35-53(46)57)59(40-17-7-5-8-18-40)42-21-15-16-37(32-42)38-27-31-54-49(33-38)50-36-48-39(34-55(50)60(54)41-19-9-6-10-20-41)26-29-47-45-23-12-14-25-52(45)58(3,4)56(47)48/h5-36H,1-4H3. The lowest BCUT2D eigenvalue weighted by atomic mass is 9.80. The zero-order chi connectivity index (χ0) is 40.3. The Balaban J connectivity index is 1.04. The van der Waals surface area contributed by atoms with Crippen molar-refractivity contribution in [2.45, 2.75) is 38.5 Å². The number of hydrogen-bond donors (Lipinski definition) is 0. The van der Waals surface area contributed by atoms with Gasteiger partial charge in [-0.1, -0.05) is 149 Å². The summed E-state index contributed by atoms with van der Waals surface area (Å²) >= 11 is 0. The highest BCUT2D eigenvalue weighted by Gasteiger charge is 2.37. The van der Waals surface area contributed by atoms with Gasteiger partial charge in [0, 0.05) is 44.4 Å². The minimum absolute atomic E-state index is 0.0916. The van der Waals surface area contributed by atoms with Crippen molar-refractivity contribution >= 4 is 49.6 Å². The van der Waals surface area contributed by atoms with Gasteiger partial charge in [0.25, 0.3) is 0 Å². The van der Waals surface area contributed by atoms with Gasteiger partial charge >= 0.3 is 0 Å². The van der Waals surface area contributed by atoms with Crippen molar-refractivity contribution in [1.82, 2.24) is 4.57 Å². The van der Waals surface area contributed by atoms with Gasteiger partial charge in [0.2, 0.25) is 0 Å². The van der Waals surface area contributed by atoms with Crippen LogP contribution >= 0.6 is 0 Å². The lowest BCUT2D eigenvalue weighted by Gasteiger charge is -2.28. The maximum absolute atomic E-state index is 2.49. The molecule has 2 heteroatoms. The highest BCUT2D eigenvalue weighted by atomic mass is 15.1. The van der Waals surface area contributed by atoms with Crippen LogP contribution in [0.2, 0.25) is 0 Å². The molecule has 0 aliphatic heterocycles. The molecule has 1 aromatic heterocycles. The van der Waals surface area contributed by atoms with E-state index in [1.807, 2.05) is 0 Å². The summed E-state index contributed by atoms with van der Waals surface area (Å²) in [4.78, 5) is 2.41. The number of rotatable bonds is 5. The first kappa shape index (κ1) is 34.8. The predicted molar refractivity (Wildman–Crippen MR) is 254 cm³/mol. The van der Waals surface area contributed by atoms with Crippen LogP contribution in [0.3, 0.4) is 0 Å². The van der Waals surface area contributed by atoms with Crippen molar-refractivity contribution in [3.05, 3.63) is 216 Å². The van der Waals surface area contributed by atoms with E-state index in [9.17, 15) is 0 Å². The van der Waals surface area contributed by atoms with Crippen molar-refractivity contribution in [2.75, 3.05) is 4.90 Å². The SMILES string of the molecule is CC1(C)c2ccccc2-c2ccc(N(c3ccccc3)c3cccc(-c4ccc5c(c4)c4cc6c7c(ccc6cc4n5-c4ccccc4)-c4ccccc4C7(C)C)c3)cc21. The first-order valence-electron chi connectivity index (χ1n) is 21.2. The summed E-state index contributed by atoms with van der Waals surface area (Å²) in [5, 5.41) is 5.13. The fourth-order valence-electron chi connectivity index (χ4n) is 10.8. The topological polar surface area (TPSA) is 8.17 Å². The van der Waals surface area contributed by atoms with Gasteiger partial charge < -0.3 is 9.47 Å². The van der Waals surface area contributed by atoms with Gasteiger partial charge in [0.05, 0.1) is 11.0 Å².